The van der Waals surface area contributed by atoms with Crippen molar-refractivity contribution >= 4 is 12.4 Å². The summed E-state index contributed by atoms with van der Waals surface area (Å²) in [7, 11) is 1.29. The van der Waals surface area contributed by atoms with Crippen LogP contribution in [-0.2, 0) is 14.4 Å². The average molecular weight is 116 g/mol. The summed E-state index contributed by atoms with van der Waals surface area (Å²) in [6.07, 6.45) is 1.34. The minimum atomic E-state index is -0.532. The average Bonchev–Trinajstić information content (AvgIpc) is 1.65. The molecule has 0 bridgehead atoms. The fourth-order valence-electron chi connectivity index (χ4n) is 0.211. The molecule has 0 aromatic heterocycles. The Morgan fingerprint density at radius 2 is 2.25 bits per heavy atom. The minimum absolute atomic E-state index is 0.532. The van der Waals surface area contributed by atoms with E-state index in [2.05, 4.69) is 4.84 Å². The molecule has 0 atom stereocenters. The van der Waals surface area contributed by atoms with Gasteiger partial charge in [-0.15, -0.1) is 0 Å². The van der Waals surface area contributed by atoms with Gasteiger partial charge in [-0.1, -0.05) is 0 Å². The van der Waals surface area contributed by atoms with Crippen molar-refractivity contribution in [3.05, 3.63) is 0 Å². The molecular weight excluding hydrogens is 110 g/mol. The van der Waals surface area contributed by atoms with E-state index in [1.807, 2.05) is 0 Å². The molecule has 1 radical (unpaired) electrons. The summed E-state index contributed by atoms with van der Waals surface area (Å²) >= 11 is 0. The quantitative estimate of drug-likeness (QED) is 0.359. The van der Waals surface area contributed by atoms with Crippen LogP contribution in [0.15, 0.2) is 0 Å². The number of hydrogen-bond donors (Lipinski definition) is 0. The lowest BCUT2D eigenvalue weighted by molar-refractivity contribution is -0.165. The Labute approximate surface area is 47.0 Å². The zero-order chi connectivity index (χ0) is 6.57. The van der Waals surface area contributed by atoms with Crippen LogP contribution in [0.4, 0.5) is 0 Å². The van der Waals surface area contributed by atoms with Crippen LogP contribution in [0, 0.1) is 0 Å². The van der Waals surface area contributed by atoms with E-state index < -0.39 is 5.97 Å². The molecule has 4 nitrogen and oxygen atoms in total. The van der Waals surface area contributed by atoms with Crippen LogP contribution in [0.5, 0.6) is 0 Å². The number of rotatable bonds is 2. The highest BCUT2D eigenvalue weighted by atomic mass is 16.7. The molecule has 0 aromatic rings. The van der Waals surface area contributed by atoms with Gasteiger partial charge in [-0.05, 0) is 0 Å². The Balaban J connectivity index is 3.38. The smallest absolute Gasteiger partial charge is 0.338 e. The number of amides is 1. The van der Waals surface area contributed by atoms with Crippen molar-refractivity contribution in [2.45, 2.75) is 6.92 Å². The summed E-state index contributed by atoms with van der Waals surface area (Å²) in [5.41, 5.74) is 0. The molecule has 45 valence electrons. The third-order valence-corrected chi connectivity index (χ3v) is 0.394. The molecule has 1 amide bonds. The highest BCUT2D eigenvalue weighted by Crippen LogP contribution is 1.77. The first-order chi connectivity index (χ1) is 3.66. The molecule has 0 unspecified atom stereocenters. The Morgan fingerprint density at radius 1 is 1.75 bits per heavy atom. The largest absolute Gasteiger partial charge is 0.347 e. The van der Waals surface area contributed by atoms with Crippen LogP contribution in [-0.4, -0.2) is 24.5 Å². The molecular formula is C4H6NO3. The molecule has 0 N–H and O–H groups in total. The second-order valence-corrected chi connectivity index (χ2v) is 1.17. The molecule has 0 aliphatic rings. The van der Waals surface area contributed by atoms with Crippen LogP contribution in [0.2, 0.25) is 0 Å². The molecule has 0 spiro atoms. The normalized spacial score (nSPS) is 7.75. The second-order valence-electron chi connectivity index (χ2n) is 1.17. The van der Waals surface area contributed by atoms with E-state index in [4.69, 9.17) is 0 Å². The maximum Gasteiger partial charge on any atom is 0.347 e. The fourth-order valence-corrected chi connectivity index (χ4v) is 0.211. The van der Waals surface area contributed by atoms with Crippen LogP contribution < -0.4 is 0 Å². The molecule has 0 heterocycles. The first-order valence-corrected chi connectivity index (χ1v) is 1.97. The Kier molecular flexibility index (Phi) is 2.61. The van der Waals surface area contributed by atoms with E-state index in [1.54, 1.807) is 0 Å². The standard InChI is InChI=1S/C4H6NO3/c1-4(7)8-5(2)3-6/h1-2H3. The van der Waals surface area contributed by atoms with E-state index in [0.717, 1.165) is 0 Å². The summed E-state index contributed by atoms with van der Waals surface area (Å²) in [5.74, 6) is -0.532. The molecule has 8 heavy (non-hydrogen) atoms. The van der Waals surface area contributed by atoms with Crippen LogP contribution in [0.1, 0.15) is 6.92 Å². The second kappa shape index (κ2) is 3.01. The molecule has 0 aromatic carbocycles. The molecule has 0 saturated heterocycles. The SMILES string of the molecule is CC(=O)ON(C)[C]=O. The summed E-state index contributed by atoms with van der Waals surface area (Å²) in [5, 5.41) is 0.669. The number of carbonyl (C=O) groups is 1. The predicted octanol–water partition coefficient (Wildman–Crippen LogP) is -0.536. The maximum absolute atomic E-state index is 9.97. The van der Waals surface area contributed by atoms with Crippen molar-refractivity contribution in [3.63, 3.8) is 0 Å². The molecule has 0 rings (SSSR count). The monoisotopic (exact) mass is 116 g/mol. The third-order valence-electron chi connectivity index (χ3n) is 0.394. The minimum Gasteiger partial charge on any atom is -0.338 e. The first-order valence-electron chi connectivity index (χ1n) is 1.97. The lowest BCUT2D eigenvalue weighted by Crippen LogP contribution is -2.19. The number of carbonyl (C=O) groups excluding carboxylic acids is 2. The third kappa shape index (κ3) is 3.14. The van der Waals surface area contributed by atoms with Gasteiger partial charge in [0.2, 0.25) is 0 Å². The summed E-state index contributed by atoms with van der Waals surface area (Å²) < 4.78 is 0. The van der Waals surface area contributed by atoms with Gasteiger partial charge in [0.25, 0.3) is 0 Å². The van der Waals surface area contributed by atoms with E-state index in [-0.39, 0.29) is 0 Å². The maximum atomic E-state index is 9.97. The van der Waals surface area contributed by atoms with Crippen LogP contribution >= 0.6 is 0 Å². The van der Waals surface area contributed by atoms with Gasteiger partial charge >= 0.3 is 12.4 Å². The summed E-state index contributed by atoms with van der Waals surface area (Å²) in [6.45, 7) is 1.20. The van der Waals surface area contributed by atoms with Gasteiger partial charge in [-0.3, -0.25) is 9.59 Å². The van der Waals surface area contributed by atoms with E-state index in [1.165, 1.54) is 20.4 Å². The Bertz CT molecular complexity index is 101. The summed E-state index contributed by atoms with van der Waals surface area (Å²) in [6, 6.07) is 0. The van der Waals surface area contributed by atoms with Crippen molar-refractivity contribution in [1.82, 2.24) is 5.06 Å². The lowest BCUT2D eigenvalue weighted by Gasteiger charge is -2.04. The lowest BCUT2D eigenvalue weighted by atomic mass is 10.8. The van der Waals surface area contributed by atoms with Gasteiger partial charge in [0.05, 0.1) is 0 Å². The molecule has 4 heteroatoms. The highest BCUT2D eigenvalue weighted by Gasteiger charge is 1.96. The molecule has 0 fully saturated rings. The number of hydrogen-bond acceptors (Lipinski definition) is 3. The Morgan fingerprint density at radius 3 is 2.38 bits per heavy atom. The molecule has 0 saturated carbocycles. The number of nitrogens with zero attached hydrogens (tertiary/aromatic N) is 1. The highest BCUT2D eigenvalue weighted by molar-refractivity contribution is 5.66. The molecule has 0 aliphatic heterocycles. The summed E-state index contributed by atoms with van der Waals surface area (Å²) in [4.78, 5) is 23.7. The zero-order valence-corrected chi connectivity index (χ0v) is 4.67. The topological polar surface area (TPSA) is 46.6 Å². The van der Waals surface area contributed by atoms with Gasteiger partial charge in [-0.25, -0.2) is 0 Å². The van der Waals surface area contributed by atoms with Crippen molar-refractivity contribution in [2.75, 3.05) is 7.05 Å². The first kappa shape index (κ1) is 6.94. The van der Waals surface area contributed by atoms with Crippen molar-refractivity contribution < 1.29 is 14.4 Å². The van der Waals surface area contributed by atoms with Crippen molar-refractivity contribution in [3.8, 4) is 0 Å². The van der Waals surface area contributed by atoms with E-state index in [0.29, 0.717) is 5.06 Å². The van der Waals surface area contributed by atoms with Gasteiger partial charge in [0, 0.05) is 14.0 Å². The zero-order valence-electron chi connectivity index (χ0n) is 4.67. The van der Waals surface area contributed by atoms with Gasteiger partial charge in [-0.2, -0.15) is 5.06 Å². The van der Waals surface area contributed by atoms with Crippen molar-refractivity contribution in [1.29, 1.82) is 0 Å². The molecule has 0 aliphatic carbocycles. The van der Waals surface area contributed by atoms with Crippen LogP contribution in [0.3, 0.4) is 0 Å². The van der Waals surface area contributed by atoms with Gasteiger partial charge < -0.3 is 4.84 Å². The van der Waals surface area contributed by atoms with Gasteiger partial charge in [0.15, 0.2) is 0 Å². The van der Waals surface area contributed by atoms with Crippen LogP contribution in [0.25, 0.3) is 0 Å². The van der Waals surface area contributed by atoms with E-state index >= 15 is 0 Å². The number of hydroxylamine groups is 2. The predicted molar refractivity (Wildman–Crippen MR) is 25.2 cm³/mol. The van der Waals surface area contributed by atoms with E-state index in [9.17, 15) is 9.59 Å². The van der Waals surface area contributed by atoms with Gasteiger partial charge in [0.1, 0.15) is 0 Å². The Hall–Kier alpha value is -1.06. The fraction of sp³-hybridized carbons (Fsp3) is 0.500. The van der Waals surface area contributed by atoms with Crippen molar-refractivity contribution in [2.24, 2.45) is 0 Å².